The second-order valence-electron chi connectivity index (χ2n) is 5.96. The van der Waals surface area contributed by atoms with Gasteiger partial charge in [-0.05, 0) is 42.9 Å². The summed E-state index contributed by atoms with van der Waals surface area (Å²) in [4.78, 5) is 20.9. The molecule has 1 atom stereocenters. The van der Waals surface area contributed by atoms with Crippen LogP contribution in [0.1, 0.15) is 46.4 Å². The fourth-order valence-electron chi connectivity index (χ4n) is 3.05. The van der Waals surface area contributed by atoms with Crippen LogP contribution in [0.4, 0.5) is 5.95 Å². The highest BCUT2D eigenvalue weighted by Gasteiger charge is 2.25. The van der Waals surface area contributed by atoms with Crippen molar-refractivity contribution in [2.45, 2.75) is 32.6 Å². The van der Waals surface area contributed by atoms with Crippen molar-refractivity contribution >= 4 is 17.5 Å². The zero-order valence-electron chi connectivity index (χ0n) is 12.9. The van der Waals surface area contributed by atoms with Gasteiger partial charge in [0.2, 0.25) is 5.95 Å². The molecule has 0 radical (unpaired) electrons. The molecule has 1 aliphatic carbocycles. The first-order valence-corrected chi connectivity index (χ1v) is 7.59. The number of pyridine rings is 1. The Bertz CT molecular complexity index is 899. The fourth-order valence-corrected chi connectivity index (χ4v) is 3.05. The van der Waals surface area contributed by atoms with E-state index in [-0.39, 0.29) is 11.9 Å². The maximum Gasteiger partial charge on any atom is 0.261 e. The Hall–Kier alpha value is -2.83. The predicted molar refractivity (Wildman–Crippen MR) is 84.4 cm³/mol. The number of hydrogen-bond acceptors (Lipinski definition) is 5. The van der Waals surface area contributed by atoms with E-state index in [1.807, 2.05) is 17.4 Å². The largest absolute Gasteiger partial charge is 0.290 e. The van der Waals surface area contributed by atoms with Crippen molar-refractivity contribution < 1.29 is 4.79 Å². The molecule has 7 heteroatoms. The van der Waals surface area contributed by atoms with E-state index in [1.165, 1.54) is 11.3 Å². The predicted octanol–water partition coefficient (Wildman–Crippen LogP) is 2.13. The van der Waals surface area contributed by atoms with Crippen LogP contribution >= 0.6 is 0 Å². The Kier molecular flexibility index (Phi) is 3.07. The monoisotopic (exact) mass is 308 g/mol. The SMILES string of the molecule is Cc1cnc(NC(=O)c2cc3c(n4cnnc24)CCC3C)nc1. The number of fused-ring (bicyclic) bond motifs is 3. The summed E-state index contributed by atoms with van der Waals surface area (Å²) in [6.45, 7) is 4.07. The Labute approximate surface area is 132 Å². The third-order valence-corrected chi connectivity index (χ3v) is 4.31. The second-order valence-corrected chi connectivity index (χ2v) is 5.96. The number of hydrogen-bond donors (Lipinski definition) is 1. The van der Waals surface area contributed by atoms with E-state index in [2.05, 4.69) is 32.4 Å². The van der Waals surface area contributed by atoms with Crippen LogP contribution in [-0.2, 0) is 6.42 Å². The summed E-state index contributed by atoms with van der Waals surface area (Å²) in [7, 11) is 0. The van der Waals surface area contributed by atoms with Gasteiger partial charge in [-0.15, -0.1) is 10.2 Å². The van der Waals surface area contributed by atoms with Crippen LogP contribution in [0, 0.1) is 6.92 Å². The van der Waals surface area contributed by atoms with E-state index in [0.29, 0.717) is 17.1 Å². The quantitative estimate of drug-likeness (QED) is 0.784. The van der Waals surface area contributed by atoms with Crippen LogP contribution in [0.2, 0.25) is 0 Å². The molecule has 1 unspecified atom stereocenters. The molecule has 4 rings (SSSR count). The number of nitrogens with zero attached hydrogens (tertiary/aromatic N) is 5. The van der Waals surface area contributed by atoms with Crippen molar-refractivity contribution in [1.29, 1.82) is 0 Å². The average molecular weight is 308 g/mol. The normalized spacial score (nSPS) is 16.5. The molecule has 0 saturated heterocycles. The second kappa shape index (κ2) is 5.12. The zero-order valence-corrected chi connectivity index (χ0v) is 12.9. The van der Waals surface area contributed by atoms with Gasteiger partial charge in [0.05, 0.1) is 5.56 Å². The van der Waals surface area contributed by atoms with Crippen molar-refractivity contribution in [2.24, 2.45) is 0 Å². The van der Waals surface area contributed by atoms with Crippen molar-refractivity contribution in [3.63, 3.8) is 0 Å². The number of aromatic nitrogens is 5. The van der Waals surface area contributed by atoms with Gasteiger partial charge in [-0.2, -0.15) is 0 Å². The standard InChI is InChI=1S/C16H16N6O/c1-9-6-17-16(18-7-9)20-15(23)12-5-11-10(2)3-4-13(11)22-8-19-21-14(12)22/h5-8,10H,3-4H2,1-2H3,(H,17,18,20,23). The minimum absolute atomic E-state index is 0.270. The third kappa shape index (κ3) is 2.25. The molecule has 0 fully saturated rings. The van der Waals surface area contributed by atoms with Gasteiger partial charge < -0.3 is 0 Å². The lowest BCUT2D eigenvalue weighted by Gasteiger charge is -2.10. The molecule has 7 nitrogen and oxygen atoms in total. The molecule has 3 aromatic rings. The summed E-state index contributed by atoms with van der Waals surface area (Å²) in [5.74, 6) is 0.444. The summed E-state index contributed by atoms with van der Waals surface area (Å²) < 4.78 is 1.92. The first-order valence-electron chi connectivity index (χ1n) is 7.59. The number of nitrogens with one attached hydrogen (secondary N) is 1. The maximum absolute atomic E-state index is 12.6. The van der Waals surface area contributed by atoms with Crippen molar-refractivity contribution in [3.8, 4) is 0 Å². The zero-order chi connectivity index (χ0) is 16.0. The Morgan fingerprint density at radius 1 is 1.35 bits per heavy atom. The molecule has 0 spiro atoms. The maximum atomic E-state index is 12.6. The molecule has 1 amide bonds. The summed E-state index contributed by atoms with van der Waals surface area (Å²) >= 11 is 0. The molecule has 1 N–H and O–H groups in total. The van der Waals surface area contributed by atoms with Gasteiger partial charge in [0.15, 0.2) is 5.65 Å². The van der Waals surface area contributed by atoms with Crippen LogP contribution in [0.3, 0.4) is 0 Å². The van der Waals surface area contributed by atoms with Crippen molar-refractivity contribution in [3.05, 3.63) is 47.2 Å². The molecular weight excluding hydrogens is 292 g/mol. The molecule has 3 aromatic heterocycles. The lowest BCUT2D eigenvalue weighted by atomic mass is 10.0. The molecule has 116 valence electrons. The first kappa shape index (κ1) is 13.8. The van der Waals surface area contributed by atoms with Gasteiger partial charge in [0.1, 0.15) is 6.33 Å². The number of carbonyl (C=O) groups is 1. The van der Waals surface area contributed by atoms with Gasteiger partial charge in [-0.3, -0.25) is 14.5 Å². The third-order valence-electron chi connectivity index (χ3n) is 4.31. The van der Waals surface area contributed by atoms with Crippen molar-refractivity contribution in [1.82, 2.24) is 24.6 Å². The molecule has 0 aliphatic heterocycles. The summed E-state index contributed by atoms with van der Waals surface area (Å²) in [6.07, 6.45) is 7.06. The average Bonchev–Trinajstić information content (AvgIpc) is 3.15. The van der Waals surface area contributed by atoms with E-state index < -0.39 is 0 Å². The summed E-state index contributed by atoms with van der Waals surface area (Å²) in [5.41, 5.74) is 4.39. The van der Waals surface area contributed by atoms with Gasteiger partial charge in [-0.25, -0.2) is 9.97 Å². The highest BCUT2D eigenvalue weighted by atomic mass is 16.1. The highest BCUT2D eigenvalue weighted by molar-refractivity contribution is 6.07. The minimum Gasteiger partial charge on any atom is -0.290 e. The lowest BCUT2D eigenvalue weighted by molar-refractivity contribution is 0.102. The Morgan fingerprint density at radius 3 is 2.91 bits per heavy atom. The van der Waals surface area contributed by atoms with Gasteiger partial charge in [0, 0.05) is 18.1 Å². The Balaban J connectivity index is 1.76. The van der Waals surface area contributed by atoms with Gasteiger partial charge >= 0.3 is 0 Å². The Morgan fingerprint density at radius 2 is 2.13 bits per heavy atom. The van der Waals surface area contributed by atoms with E-state index in [1.54, 1.807) is 18.7 Å². The van der Waals surface area contributed by atoms with E-state index >= 15 is 0 Å². The minimum atomic E-state index is -0.270. The molecule has 23 heavy (non-hydrogen) atoms. The molecule has 0 saturated carbocycles. The molecule has 0 aromatic carbocycles. The van der Waals surface area contributed by atoms with Gasteiger partial charge in [0.25, 0.3) is 5.91 Å². The van der Waals surface area contributed by atoms with Gasteiger partial charge in [-0.1, -0.05) is 6.92 Å². The number of rotatable bonds is 2. The van der Waals surface area contributed by atoms with E-state index in [0.717, 1.165) is 18.4 Å². The van der Waals surface area contributed by atoms with Crippen LogP contribution in [0.5, 0.6) is 0 Å². The molecule has 1 aliphatic rings. The summed E-state index contributed by atoms with van der Waals surface area (Å²) in [5, 5.41) is 10.8. The number of aryl methyl sites for hydroxylation is 2. The van der Waals surface area contributed by atoms with Crippen LogP contribution in [-0.4, -0.2) is 30.5 Å². The topological polar surface area (TPSA) is 85.1 Å². The number of anilines is 1. The highest BCUT2D eigenvalue weighted by Crippen LogP contribution is 2.34. The van der Waals surface area contributed by atoms with Crippen LogP contribution < -0.4 is 5.32 Å². The number of carbonyl (C=O) groups excluding carboxylic acids is 1. The van der Waals surface area contributed by atoms with Crippen LogP contribution in [0.25, 0.3) is 5.65 Å². The first-order chi connectivity index (χ1) is 11.1. The van der Waals surface area contributed by atoms with Crippen molar-refractivity contribution in [2.75, 3.05) is 5.32 Å². The fraction of sp³-hybridized carbons (Fsp3) is 0.312. The molecular formula is C16H16N6O. The lowest BCUT2D eigenvalue weighted by Crippen LogP contribution is -2.16. The molecule has 0 bridgehead atoms. The number of amides is 1. The summed E-state index contributed by atoms with van der Waals surface area (Å²) in [6, 6.07) is 1.93. The smallest absolute Gasteiger partial charge is 0.261 e. The van der Waals surface area contributed by atoms with E-state index in [4.69, 9.17) is 0 Å². The van der Waals surface area contributed by atoms with Crippen LogP contribution in [0.15, 0.2) is 24.8 Å². The van der Waals surface area contributed by atoms with E-state index in [9.17, 15) is 4.79 Å². The molecule has 3 heterocycles.